The quantitative estimate of drug-likeness (QED) is 0.760. The van der Waals surface area contributed by atoms with Crippen molar-refractivity contribution in [1.29, 1.82) is 0 Å². The predicted molar refractivity (Wildman–Crippen MR) is 51.1 cm³/mol. The molecule has 0 atom stereocenters. The summed E-state index contributed by atoms with van der Waals surface area (Å²) < 4.78 is 5.16. The summed E-state index contributed by atoms with van der Waals surface area (Å²) in [5.74, 6) is 0. The monoisotopic (exact) mass is 226 g/mol. The number of halogens is 1. The fraction of sp³-hybridized carbons (Fsp3) is 0.125. The van der Waals surface area contributed by atoms with Gasteiger partial charge in [-0.15, -0.1) is 0 Å². The van der Waals surface area contributed by atoms with E-state index in [-0.39, 0.29) is 6.01 Å². The Labute approximate surface area is 77.7 Å². The maximum Gasteiger partial charge on any atom is 0.292 e. The second-order valence-corrected chi connectivity index (χ2v) is 3.01. The molecule has 1 aromatic heterocycles. The number of anilines is 1. The largest absolute Gasteiger partial charge is 0.424 e. The lowest BCUT2D eigenvalue weighted by atomic mass is 10.2. The summed E-state index contributed by atoms with van der Waals surface area (Å²) in [4.78, 5) is 4.07. The number of oxazole rings is 1. The summed E-state index contributed by atoms with van der Waals surface area (Å²) in [6.45, 7) is 0. The zero-order chi connectivity index (χ0) is 8.55. The van der Waals surface area contributed by atoms with E-state index < -0.39 is 0 Å². The van der Waals surface area contributed by atoms with Gasteiger partial charge >= 0.3 is 0 Å². The molecule has 2 aromatic rings. The number of benzene rings is 1. The second kappa shape index (κ2) is 2.79. The minimum absolute atomic E-state index is 0.221. The Balaban J connectivity index is 2.78. The SMILES string of the molecule is Nc1nc2c(CBr)cccc2o1. The summed E-state index contributed by atoms with van der Waals surface area (Å²) in [5, 5.41) is 0.760. The number of fused-ring (bicyclic) bond motifs is 1. The molecular formula is C8H7BrN2O. The summed E-state index contributed by atoms with van der Waals surface area (Å²) in [6.07, 6.45) is 0. The number of alkyl halides is 1. The first-order valence-electron chi connectivity index (χ1n) is 3.51. The van der Waals surface area contributed by atoms with Gasteiger partial charge in [0.25, 0.3) is 6.01 Å². The molecule has 4 heteroatoms. The van der Waals surface area contributed by atoms with E-state index in [0.717, 1.165) is 22.0 Å². The van der Waals surface area contributed by atoms with E-state index >= 15 is 0 Å². The molecule has 0 spiro atoms. The lowest BCUT2D eigenvalue weighted by Crippen LogP contribution is -1.83. The molecule has 0 bridgehead atoms. The molecule has 12 heavy (non-hydrogen) atoms. The van der Waals surface area contributed by atoms with Gasteiger partial charge in [0.15, 0.2) is 5.58 Å². The number of rotatable bonds is 1. The second-order valence-electron chi connectivity index (χ2n) is 2.45. The number of hydrogen-bond donors (Lipinski definition) is 1. The zero-order valence-corrected chi connectivity index (χ0v) is 7.84. The highest BCUT2D eigenvalue weighted by Gasteiger charge is 2.05. The van der Waals surface area contributed by atoms with Crippen LogP contribution in [0.15, 0.2) is 22.6 Å². The summed E-state index contributed by atoms with van der Waals surface area (Å²) >= 11 is 3.37. The molecular weight excluding hydrogens is 220 g/mol. The van der Waals surface area contributed by atoms with Crippen molar-refractivity contribution in [1.82, 2.24) is 4.98 Å². The van der Waals surface area contributed by atoms with Crippen molar-refractivity contribution in [3.8, 4) is 0 Å². The van der Waals surface area contributed by atoms with Crippen molar-refractivity contribution in [3.63, 3.8) is 0 Å². The van der Waals surface area contributed by atoms with Gasteiger partial charge < -0.3 is 10.2 Å². The maximum absolute atomic E-state index is 5.42. The van der Waals surface area contributed by atoms with Crippen LogP contribution in [0.2, 0.25) is 0 Å². The van der Waals surface area contributed by atoms with Crippen molar-refractivity contribution in [2.24, 2.45) is 0 Å². The van der Waals surface area contributed by atoms with Crippen LogP contribution in [0.4, 0.5) is 6.01 Å². The molecule has 1 heterocycles. The first-order valence-corrected chi connectivity index (χ1v) is 4.63. The van der Waals surface area contributed by atoms with Gasteiger partial charge in [-0.25, -0.2) is 0 Å². The van der Waals surface area contributed by atoms with E-state index in [9.17, 15) is 0 Å². The predicted octanol–water partition coefficient (Wildman–Crippen LogP) is 2.30. The Morgan fingerprint density at radius 2 is 2.33 bits per heavy atom. The van der Waals surface area contributed by atoms with E-state index in [4.69, 9.17) is 10.2 Å². The van der Waals surface area contributed by atoms with E-state index in [2.05, 4.69) is 20.9 Å². The smallest absolute Gasteiger partial charge is 0.292 e. The fourth-order valence-corrected chi connectivity index (χ4v) is 1.58. The summed E-state index contributed by atoms with van der Waals surface area (Å²) in [7, 11) is 0. The van der Waals surface area contributed by atoms with Crippen LogP contribution >= 0.6 is 15.9 Å². The van der Waals surface area contributed by atoms with Crippen LogP contribution < -0.4 is 5.73 Å². The lowest BCUT2D eigenvalue weighted by molar-refractivity contribution is 0.626. The molecule has 0 aliphatic rings. The van der Waals surface area contributed by atoms with Crippen molar-refractivity contribution < 1.29 is 4.42 Å². The number of hydrogen-bond acceptors (Lipinski definition) is 3. The average molecular weight is 227 g/mol. The average Bonchev–Trinajstić information content (AvgIpc) is 2.44. The topological polar surface area (TPSA) is 52.0 Å². The minimum Gasteiger partial charge on any atom is -0.424 e. The van der Waals surface area contributed by atoms with Gasteiger partial charge in [-0.3, -0.25) is 0 Å². The summed E-state index contributed by atoms with van der Waals surface area (Å²) in [5.41, 5.74) is 8.09. The Morgan fingerprint density at radius 3 is 3.08 bits per heavy atom. The standard InChI is InChI=1S/C8H7BrN2O/c9-4-5-2-1-3-6-7(5)11-8(10)12-6/h1-3H,4H2,(H2,10,11). The Morgan fingerprint density at radius 1 is 1.50 bits per heavy atom. The molecule has 0 aliphatic heterocycles. The molecule has 2 N–H and O–H groups in total. The fourth-order valence-electron chi connectivity index (χ4n) is 1.13. The van der Waals surface area contributed by atoms with Crippen LogP contribution in [-0.2, 0) is 5.33 Å². The molecule has 0 saturated heterocycles. The third kappa shape index (κ3) is 1.08. The number of para-hydroxylation sites is 1. The van der Waals surface area contributed by atoms with E-state index in [1.165, 1.54) is 0 Å². The molecule has 0 saturated carbocycles. The van der Waals surface area contributed by atoms with Gasteiger partial charge in [-0.05, 0) is 11.6 Å². The van der Waals surface area contributed by atoms with Crippen molar-refractivity contribution in [2.75, 3.05) is 5.73 Å². The molecule has 0 amide bonds. The van der Waals surface area contributed by atoms with Crippen LogP contribution in [0.25, 0.3) is 11.1 Å². The number of aromatic nitrogens is 1. The van der Waals surface area contributed by atoms with Crippen molar-refractivity contribution in [2.45, 2.75) is 5.33 Å². The third-order valence-electron chi connectivity index (χ3n) is 1.66. The molecule has 1 aromatic carbocycles. The first-order chi connectivity index (χ1) is 5.81. The van der Waals surface area contributed by atoms with Gasteiger partial charge in [0, 0.05) is 5.33 Å². The highest BCUT2D eigenvalue weighted by Crippen LogP contribution is 2.21. The molecule has 2 rings (SSSR count). The lowest BCUT2D eigenvalue weighted by Gasteiger charge is -1.92. The number of nitrogens with zero attached hydrogens (tertiary/aromatic N) is 1. The minimum atomic E-state index is 0.221. The highest BCUT2D eigenvalue weighted by atomic mass is 79.9. The molecule has 0 aliphatic carbocycles. The van der Waals surface area contributed by atoms with Crippen LogP contribution in [0.5, 0.6) is 0 Å². The highest BCUT2D eigenvalue weighted by molar-refractivity contribution is 9.08. The summed E-state index contributed by atoms with van der Waals surface area (Å²) in [6, 6.07) is 5.98. The van der Waals surface area contributed by atoms with Gasteiger partial charge in [0.2, 0.25) is 0 Å². The third-order valence-corrected chi connectivity index (χ3v) is 2.27. The Bertz CT molecular complexity index is 410. The molecule has 3 nitrogen and oxygen atoms in total. The normalized spacial score (nSPS) is 10.8. The zero-order valence-electron chi connectivity index (χ0n) is 6.25. The van der Waals surface area contributed by atoms with Crippen LogP contribution in [0, 0.1) is 0 Å². The van der Waals surface area contributed by atoms with Crippen molar-refractivity contribution >= 4 is 33.0 Å². The van der Waals surface area contributed by atoms with Crippen LogP contribution in [0.3, 0.4) is 0 Å². The van der Waals surface area contributed by atoms with E-state index in [1.807, 2.05) is 18.2 Å². The Kier molecular flexibility index (Phi) is 1.77. The van der Waals surface area contributed by atoms with E-state index in [0.29, 0.717) is 0 Å². The van der Waals surface area contributed by atoms with Crippen LogP contribution in [-0.4, -0.2) is 4.98 Å². The molecule has 0 fully saturated rings. The number of nitrogens with two attached hydrogens (primary N) is 1. The molecule has 62 valence electrons. The van der Waals surface area contributed by atoms with Crippen LogP contribution in [0.1, 0.15) is 5.56 Å². The van der Waals surface area contributed by atoms with Gasteiger partial charge in [-0.1, -0.05) is 28.1 Å². The maximum atomic E-state index is 5.42. The van der Waals surface area contributed by atoms with Crippen molar-refractivity contribution in [3.05, 3.63) is 23.8 Å². The Hall–Kier alpha value is -1.03. The first kappa shape index (κ1) is 7.61. The molecule has 0 unspecified atom stereocenters. The molecule has 0 radical (unpaired) electrons. The van der Waals surface area contributed by atoms with Gasteiger partial charge in [0.1, 0.15) is 5.52 Å². The number of nitrogen functional groups attached to an aromatic ring is 1. The van der Waals surface area contributed by atoms with E-state index in [1.54, 1.807) is 0 Å². The van der Waals surface area contributed by atoms with Gasteiger partial charge in [0.05, 0.1) is 0 Å². The van der Waals surface area contributed by atoms with Gasteiger partial charge in [-0.2, -0.15) is 4.98 Å².